The van der Waals surface area contributed by atoms with Gasteiger partial charge in [0.2, 0.25) is 17.7 Å². The van der Waals surface area contributed by atoms with Gasteiger partial charge in [-0.25, -0.2) is 9.78 Å². The van der Waals surface area contributed by atoms with Crippen molar-refractivity contribution in [1.29, 1.82) is 0 Å². The van der Waals surface area contributed by atoms with Crippen molar-refractivity contribution >= 4 is 29.7 Å². The third-order valence-corrected chi connectivity index (χ3v) is 4.37. The first-order valence-corrected chi connectivity index (χ1v) is 10.0. The van der Waals surface area contributed by atoms with Crippen LogP contribution in [-0.4, -0.2) is 74.5 Å². The predicted octanol–water partition coefficient (Wildman–Crippen LogP) is -1.64. The Kier molecular flexibility index (Phi) is 10.8. The van der Waals surface area contributed by atoms with Crippen LogP contribution >= 0.6 is 0 Å². The van der Waals surface area contributed by atoms with Crippen molar-refractivity contribution in [3.05, 3.63) is 18.2 Å². The molecule has 0 bridgehead atoms. The maximum absolute atomic E-state index is 12.5. The summed E-state index contributed by atoms with van der Waals surface area (Å²) in [6.45, 7) is 3.18. The molecule has 1 aromatic heterocycles. The van der Waals surface area contributed by atoms with Crippen LogP contribution in [0, 0.1) is 5.92 Å². The Morgan fingerprint density at radius 3 is 2.31 bits per heavy atom. The molecule has 3 unspecified atom stereocenters. The molecular formula is C19H30N6O7. The van der Waals surface area contributed by atoms with Crippen molar-refractivity contribution < 1.29 is 34.2 Å². The number of nitrogens with two attached hydrogens (primary N) is 1. The first-order valence-electron chi connectivity index (χ1n) is 10.0. The van der Waals surface area contributed by atoms with Gasteiger partial charge in [-0.05, 0) is 18.8 Å². The summed E-state index contributed by atoms with van der Waals surface area (Å²) in [4.78, 5) is 65.5. The fraction of sp³-hybridized carbons (Fsp3) is 0.579. The Labute approximate surface area is 184 Å². The SMILES string of the molecule is CC(C)CC(NC(=O)CNC(=O)C(N)Cc1cnc[nH]1)C(=O)NC(CCC(=O)O)C(=O)O. The number of amides is 3. The zero-order valence-corrected chi connectivity index (χ0v) is 18.0. The highest BCUT2D eigenvalue weighted by molar-refractivity contribution is 5.92. The minimum atomic E-state index is -1.41. The Morgan fingerprint density at radius 2 is 1.78 bits per heavy atom. The summed E-state index contributed by atoms with van der Waals surface area (Å²) in [7, 11) is 0. The third kappa shape index (κ3) is 10.0. The minimum absolute atomic E-state index is 0.0224. The number of carboxylic acid groups (broad SMARTS) is 2. The maximum atomic E-state index is 12.5. The molecule has 0 fully saturated rings. The van der Waals surface area contributed by atoms with Gasteiger partial charge in [-0.2, -0.15) is 0 Å². The number of aromatic amines is 1. The Bertz CT molecular complexity index is 796. The van der Waals surface area contributed by atoms with Gasteiger partial charge in [-0.15, -0.1) is 0 Å². The predicted molar refractivity (Wildman–Crippen MR) is 111 cm³/mol. The molecule has 0 saturated carbocycles. The summed E-state index contributed by atoms with van der Waals surface area (Å²) in [5.41, 5.74) is 6.44. The lowest BCUT2D eigenvalue weighted by Crippen LogP contribution is -2.54. The molecule has 13 heteroatoms. The number of aromatic nitrogens is 2. The van der Waals surface area contributed by atoms with Crippen molar-refractivity contribution in [2.75, 3.05) is 6.54 Å². The zero-order chi connectivity index (χ0) is 24.3. The van der Waals surface area contributed by atoms with Crippen LogP contribution in [0.4, 0.5) is 0 Å². The van der Waals surface area contributed by atoms with E-state index < -0.39 is 60.8 Å². The van der Waals surface area contributed by atoms with Gasteiger partial charge in [0.25, 0.3) is 0 Å². The lowest BCUT2D eigenvalue weighted by Gasteiger charge is -2.23. The fourth-order valence-corrected chi connectivity index (χ4v) is 2.77. The molecule has 13 nitrogen and oxygen atoms in total. The third-order valence-electron chi connectivity index (χ3n) is 4.37. The molecule has 0 radical (unpaired) electrons. The first-order chi connectivity index (χ1) is 15.0. The number of rotatable bonds is 14. The standard InChI is InChI=1S/C19H30N6O7/c1-10(2)5-14(18(30)25-13(19(31)32)3-4-16(27)28)24-15(26)8-22-17(29)12(20)6-11-7-21-9-23-11/h7,9-10,12-14H,3-6,8,20H2,1-2H3,(H,21,23)(H,22,29)(H,24,26)(H,25,30)(H,27,28)(H,31,32). The second-order valence-electron chi connectivity index (χ2n) is 7.69. The number of carboxylic acids is 2. The van der Waals surface area contributed by atoms with Crippen LogP contribution in [0.1, 0.15) is 38.8 Å². The minimum Gasteiger partial charge on any atom is -0.481 e. The Morgan fingerprint density at radius 1 is 1.09 bits per heavy atom. The highest BCUT2D eigenvalue weighted by Crippen LogP contribution is 2.07. The Hall–Kier alpha value is -3.48. The number of nitrogens with zero attached hydrogens (tertiary/aromatic N) is 1. The van der Waals surface area contributed by atoms with Gasteiger partial charge in [0.15, 0.2) is 0 Å². The molecule has 0 saturated heterocycles. The molecule has 3 amide bonds. The number of aliphatic carboxylic acids is 2. The summed E-state index contributed by atoms with van der Waals surface area (Å²) < 4.78 is 0. The monoisotopic (exact) mass is 454 g/mol. The number of H-pyrrole nitrogens is 1. The van der Waals surface area contributed by atoms with Gasteiger partial charge in [0, 0.05) is 24.7 Å². The lowest BCUT2D eigenvalue weighted by atomic mass is 10.0. The molecule has 0 aliphatic rings. The van der Waals surface area contributed by atoms with Crippen LogP contribution in [0.5, 0.6) is 0 Å². The van der Waals surface area contributed by atoms with Crippen molar-refractivity contribution in [3.63, 3.8) is 0 Å². The van der Waals surface area contributed by atoms with E-state index in [9.17, 15) is 29.1 Å². The number of nitrogens with one attached hydrogen (secondary N) is 4. The first kappa shape index (κ1) is 26.6. The molecule has 8 N–H and O–H groups in total. The van der Waals surface area contributed by atoms with Crippen LogP contribution in [0.25, 0.3) is 0 Å². The van der Waals surface area contributed by atoms with Crippen LogP contribution in [0.3, 0.4) is 0 Å². The summed E-state index contributed by atoms with van der Waals surface area (Å²) in [5.74, 6) is -4.59. The van der Waals surface area contributed by atoms with Crippen molar-refractivity contribution in [3.8, 4) is 0 Å². The van der Waals surface area contributed by atoms with E-state index in [1.807, 2.05) is 13.8 Å². The number of carbonyl (C=O) groups is 5. The molecule has 32 heavy (non-hydrogen) atoms. The van der Waals surface area contributed by atoms with E-state index in [-0.39, 0.29) is 25.2 Å². The lowest BCUT2D eigenvalue weighted by molar-refractivity contribution is -0.143. The van der Waals surface area contributed by atoms with E-state index in [2.05, 4.69) is 25.9 Å². The maximum Gasteiger partial charge on any atom is 0.326 e. The molecule has 3 atom stereocenters. The highest BCUT2D eigenvalue weighted by Gasteiger charge is 2.27. The number of hydrogen-bond donors (Lipinski definition) is 7. The molecule has 1 heterocycles. The zero-order valence-electron chi connectivity index (χ0n) is 18.0. The van der Waals surface area contributed by atoms with E-state index in [0.29, 0.717) is 5.69 Å². The van der Waals surface area contributed by atoms with Crippen molar-refractivity contribution in [1.82, 2.24) is 25.9 Å². The summed E-state index contributed by atoms with van der Waals surface area (Å²) in [6.07, 6.45) is 2.63. The molecule has 1 rings (SSSR count). The van der Waals surface area contributed by atoms with E-state index >= 15 is 0 Å². The van der Waals surface area contributed by atoms with Crippen molar-refractivity contribution in [2.24, 2.45) is 11.7 Å². The average molecular weight is 454 g/mol. The van der Waals surface area contributed by atoms with Crippen molar-refractivity contribution in [2.45, 2.75) is 57.7 Å². The van der Waals surface area contributed by atoms with Gasteiger partial charge < -0.3 is 36.9 Å². The van der Waals surface area contributed by atoms with Crippen LogP contribution < -0.4 is 21.7 Å². The molecule has 178 valence electrons. The van der Waals surface area contributed by atoms with E-state index in [0.717, 1.165) is 0 Å². The fourth-order valence-electron chi connectivity index (χ4n) is 2.77. The van der Waals surface area contributed by atoms with Crippen LogP contribution in [0.2, 0.25) is 0 Å². The summed E-state index contributed by atoms with van der Waals surface area (Å²) >= 11 is 0. The number of hydrogen-bond acceptors (Lipinski definition) is 7. The van der Waals surface area contributed by atoms with Gasteiger partial charge in [-0.3, -0.25) is 19.2 Å². The van der Waals surface area contributed by atoms with E-state index in [1.54, 1.807) is 0 Å². The van der Waals surface area contributed by atoms with Crippen LogP contribution in [0.15, 0.2) is 12.5 Å². The largest absolute Gasteiger partial charge is 0.481 e. The summed E-state index contributed by atoms with van der Waals surface area (Å²) in [5, 5.41) is 25.0. The van der Waals surface area contributed by atoms with E-state index in [1.165, 1.54) is 12.5 Å². The smallest absolute Gasteiger partial charge is 0.326 e. The second-order valence-corrected chi connectivity index (χ2v) is 7.69. The number of imidazole rings is 1. The topological polar surface area (TPSA) is 217 Å². The van der Waals surface area contributed by atoms with Crippen LogP contribution in [-0.2, 0) is 30.4 Å². The molecule has 1 aromatic rings. The van der Waals surface area contributed by atoms with Gasteiger partial charge in [-0.1, -0.05) is 13.8 Å². The molecule has 0 spiro atoms. The van der Waals surface area contributed by atoms with Gasteiger partial charge in [0.1, 0.15) is 12.1 Å². The highest BCUT2D eigenvalue weighted by atomic mass is 16.4. The normalized spacial score (nSPS) is 13.6. The summed E-state index contributed by atoms with van der Waals surface area (Å²) in [6, 6.07) is -3.39. The van der Waals surface area contributed by atoms with Gasteiger partial charge in [0.05, 0.1) is 18.9 Å². The molecule has 0 aliphatic carbocycles. The molecular weight excluding hydrogens is 424 g/mol. The van der Waals surface area contributed by atoms with Gasteiger partial charge >= 0.3 is 11.9 Å². The van der Waals surface area contributed by atoms with E-state index in [4.69, 9.17) is 10.8 Å². The molecule has 0 aromatic carbocycles. The molecule has 0 aliphatic heterocycles. The Balaban J connectivity index is 2.63. The second kappa shape index (κ2) is 13.0. The number of carbonyl (C=O) groups excluding carboxylic acids is 3. The quantitative estimate of drug-likeness (QED) is 0.171. The average Bonchev–Trinajstić information content (AvgIpc) is 3.20.